The molecule has 0 unspecified atom stereocenters. The Hall–Kier alpha value is -2.89. The van der Waals surface area contributed by atoms with Crippen molar-refractivity contribution in [3.8, 4) is 11.4 Å². The minimum absolute atomic E-state index is 0.589. The molecule has 0 N–H and O–H groups in total. The van der Waals surface area contributed by atoms with Crippen LogP contribution in [0.15, 0.2) is 47.1 Å². The Labute approximate surface area is 140 Å². The largest absolute Gasteiger partial charge is 0.357 e. The number of aryl methyl sites for hydroxylation is 1. The Bertz CT molecular complexity index is 843. The summed E-state index contributed by atoms with van der Waals surface area (Å²) in [6, 6.07) is 12.2. The van der Waals surface area contributed by atoms with Crippen molar-refractivity contribution in [3.05, 3.63) is 54.0 Å². The van der Waals surface area contributed by atoms with Crippen molar-refractivity contribution in [3.63, 3.8) is 0 Å². The van der Waals surface area contributed by atoms with Crippen LogP contribution in [-0.2, 0) is 6.54 Å². The zero-order valence-corrected chi connectivity index (χ0v) is 13.8. The quantitative estimate of drug-likeness (QED) is 0.739. The lowest BCUT2D eigenvalue weighted by Crippen LogP contribution is -2.39. The number of hydrogen-bond acceptors (Lipinski definition) is 6. The third-order valence-electron chi connectivity index (χ3n) is 4.28. The molecular formula is C18H19N5O. The first-order valence-electron chi connectivity index (χ1n) is 8.01. The molecule has 122 valence electrons. The smallest absolute Gasteiger partial charge is 0.246 e. The molecule has 0 saturated heterocycles. The minimum Gasteiger partial charge on any atom is -0.357 e. The van der Waals surface area contributed by atoms with Gasteiger partial charge in [0.1, 0.15) is 0 Å². The highest BCUT2D eigenvalue weighted by atomic mass is 16.5. The highest BCUT2D eigenvalue weighted by molar-refractivity contribution is 5.68. The van der Waals surface area contributed by atoms with Gasteiger partial charge in [0.25, 0.3) is 0 Å². The Morgan fingerprint density at radius 2 is 1.96 bits per heavy atom. The number of nitrogens with zero attached hydrogens (tertiary/aromatic N) is 5. The number of likely N-dealkylation sites (N-methyl/N-ethyl adjacent to an activating group) is 1. The van der Waals surface area contributed by atoms with Crippen LogP contribution in [0.3, 0.4) is 0 Å². The van der Waals surface area contributed by atoms with E-state index in [1.54, 1.807) is 0 Å². The first-order chi connectivity index (χ1) is 11.7. The molecule has 2 aromatic heterocycles. The molecule has 1 aliphatic rings. The molecular weight excluding hydrogens is 302 g/mol. The van der Waals surface area contributed by atoms with E-state index in [1.165, 1.54) is 5.56 Å². The van der Waals surface area contributed by atoms with Crippen molar-refractivity contribution in [2.24, 2.45) is 0 Å². The van der Waals surface area contributed by atoms with Crippen molar-refractivity contribution in [2.45, 2.75) is 13.5 Å². The van der Waals surface area contributed by atoms with E-state index in [2.05, 4.69) is 45.0 Å². The van der Waals surface area contributed by atoms with Crippen molar-refractivity contribution in [1.82, 2.24) is 15.1 Å². The van der Waals surface area contributed by atoms with E-state index in [4.69, 9.17) is 4.52 Å². The maximum Gasteiger partial charge on any atom is 0.246 e. The first kappa shape index (κ1) is 14.7. The highest BCUT2D eigenvalue weighted by Gasteiger charge is 2.23. The SMILES string of the molecule is Cc1ccc(-c2noc(CN3CCN(C)c4ncccc43)n2)cc1. The molecule has 0 fully saturated rings. The summed E-state index contributed by atoms with van der Waals surface area (Å²) in [5, 5.41) is 4.11. The van der Waals surface area contributed by atoms with E-state index in [9.17, 15) is 0 Å². The Morgan fingerprint density at radius 3 is 2.79 bits per heavy atom. The second kappa shape index (κ2) is 5.96. The van der Waals surface area contributed by atoms with Crippen molar-refractivity contribution in [2.75, 3.05) is 29.9 Å². The summed E-state index contributed by atoms with van der Waals surface area (Å²) in [7, 11) is 2.06. The van der Waals surface area contributed by atoms with Crippen LogP contribution in [0.25, 0.3) is 11.4 Å². The first-order valence-corrected chi connectivity index (χ1v) is 8.01. The van der Waals surface area contributed by atoms with Crippen molar-refractivity contribution in [1.29, 1.82) is 0 Å². The number of rotatable bonds is 3. The molecule has 0 amide bonds. The van der Waals surface area contributed by atoms with E-state index in [1.807, 2.05) is 36.5 Å². The average Bonchev–Trinajstić information content (AvgIpc) is 3.07. The topological polar surface area (TPSA) is 58.3 Å². The normalized spacial score (nSPS) is 13.9. The maximum atomic E-state index is 5.46. The van der Waals surface area contributed by atoms with Gasteiger partial charge in [-0.15, -0.1) is 0 Å². The number of aromatic nitrogens is 3. The number of fused-ring (bicyclic) bond motifs is 1. The highest BCUT2D eigenvalue weighted by Crippen LogP contribution is 2.30. The van der Waals surface area contributed by atoms with Crippen LogP contribution in [0.4, 0.5) is 11.5 Å². The summed E-state index contributed by atoms with van der Waals surface area (Å²) in [6.45, 7) is 4.47. The molecule has 1 aromatic carbocycles. The fourth-order valence-corrected chi connectivity index (χ4v) is 2.89. The van der Waals surface area contributed by atoms with Gasteiger partial charge in [0.05, 0.1) is 12.2 Å². The molecule has 6 heteroatoms. The van der Waals surface area contributed by atoms with Gasteiger partial charge in [0, 0.05) is 31.9 Å². The van der Waals surface area contributed by atoms with Gasteiger partial charge in [-0.2, -0.15) is 4.98 Å². The molecule has 3 heterocycles. The predicted molar refractivity (Wildman–Crippen MR) is 93.0 cm³/mol. The number of hydrogen-bond donors (Lipinski definition) is 0. The van der Waals surface area contributed by atoms with Gasteiger partial charge in [-0.25, -0.2) is 4.98 Å². The standard InChI is InChI=1S/C18H19N5O/c1-13-5-7-14(8-6-13)17-20-16(24-21-17)12-23-11-10-22(2)18-15(23)4-3-9-19-18/h3-9H,10-12H2,1-2H3. The van der Waals surface area contributed by atoms with Gasteiger partial charge in [-0.1, -0.05) is 35.0 Å². The summed E-state index contributed by atoms with van der Waals surface area (Å²) >= 11 is 0. The molecule has 0 saturated carbocycles. The molecule has 0 spiro atoms. The summed E-state index contributed by atoms with van der Waals surface area (Å²) < 4.78 is 5.46. The van der Waals surface area contributed by atoms with Crippen LogP contribution >= 0.6 is 0 Å². The summed E-state index contributed by atoms with van der Waals surface area (Å²) in [5.74, 6) is 2.23. The number of anilines is 2. The van der Waals surface area contributed by atoms with Crippen molar-refractivity contribution >= 4 is 11.5 Å². The zero-order valence-electron chi connectivity index (χ0n) is 13.8. The van der Waals surface area contributed by atoms with E-state index in [0.29, 0.717) is 18.3 Å². The third-order valence-corrected chi connectivity index (χ3v) is 4.28. The fraction of sp³-hybridized carbons (Fsp3) is 0.278. The van der Waals surface area contributed by atoms with Gasteiger partial charge in [0.2, 0.25) is 11.7 Å². The number of benzene rings is 1. The lowest BCUT2D eigenvalue weighted by Gasteiger charge is -2.34. The Balaban J connectivity index is 1.57. The van der Waals surface area contributed by atoms with Gasteiger partial charge >= 0.3 is 0 Å². The summed E-state index contributed by atoms with van der Waals surface area (Å²) in [6.07, 6.45) is 1.82. The molecule has 0 radical (unpaired) electrons. The maximum absolute atomic E-state index is 5.46. The van der Waals surface area contributed by atoms with E-state index in [0.717, 1.165) is 30.2 Å². The monoisotopic (exact) mass is 321 g/mol. The lowest BCUT2D eigenvalue weighted by atomic mass is 10.1. The fourth-order valence-electron chi connectivity index (χ4n) is 2.89. The summed E-state index contributed by atoms with van der Waals surface area (Å²) in [4.78, 5) is 13.4. The van der Waals surface area contributed by atoms with Gasteiger partial charge in [0.15, 0.2) is 5.82 Å². The van der Waals surface area contributed by atoms with Crippen LogP contribution in [0, 0.1) is 6.92 Å². The molecule has 6 nitrogen and oxygen atoms in total. The molecule has 4 rings (SSSR count). The van der Waals surface area contributed by atoms with Gasteiger partial charge in [-0.3, -0.25) is 0 Å². The van der Waals surface area contributed by atoms with Crippen LogP contribution in [0.5, 0.6) is 0 Å². The molecule has 0 bridgehead atoms. The van der Waals surface area contributed by atoms with E-state index in [-0.39, 0.29) is 0 Å². The van der Waals surface area contributed by atoms with Crippen LogP contribution in [0.1, 0.15) is 11.5 Å². The van der Waals surface area contributed by atoms with Gasteiger partial charge < -0.3 is 14.3 Å². The lowest BCUT2D eigenvalue weighted by molar-refractivity contribution is 0.376. The van der Waals surface area contributed by atoms with E-state index >= 15 is 0 Å². The minimum atomic E-state index is 0.589. The Kier molecular flexibility index (Phi) is 3.65. The second-order valence-electron chi connectivity index (χ2n) is 6.07. The molecule has 24 heavy (non-hydrogen) atoms. The predicted octanol–water partition coefficient (Wildman–Crippen LogP) is 2.90. The zero-order chi connectivity index (χ0) is 16.5. The molecule has 1 aliphatic heterocycles. The third kappa shape index (κ3) is 2.71. The van der Waals surface area contributed by atoms with Crippen molar-refractivity contribution < 1.29 is 4.52 Å². The van der Waals surface area contributed by atoms with Crippen LogP contribution in [0.2, 0.25) is 0 Å². The summed E-state index contributed by atoms with van der Waals surface area (Å²) in [5.41, 5.74) is 3.28. The number of pyridine rings is 1. The van der Waals surface area contributed by atoms with Gasteiger partial charge in [-0.05, 0) is 19.1 Å². The second-order valence-corrected chi connectivity index (χ2v) is 6.07. The molecule has 0 aliphatic carbocycles. The molecule has 0 atom stereocenters. The Morgan fingerprint density at radius 1 is 1.12 bits per heavy atom. The molecule has 3 aromatic rings. The van der Waals surface area contributed by atoms with E-state index < -0.39 is 0 Å². The average molecular weight is 321 g/mol. The van der Waals surface area contributed by atoms with Crippen LogP contribution in [-0.4, -0.2) is 35.3 Å². The van der Waals surface area contributed by atoms with Crippen LogP contribution < -0.4 is 9.80 Å².